The summed E-state index contributed by atoms with van der Waals surface area (Å²) in [6.07, 6.45) is 37.8. The van der Waals surface area contributed by atoms with Crippen molar-refractivity contribution in [2.75, 3.05) is 74.8 Å². The molecule has 1 rings (SSSR count). The Morgan fingerprint density at radius 2 is 0.946 bits per heavy atom. The smallest absolute Gasteiger partial charge is 0.306 e. The lowest BCUT2D eigenvalue weighted by Crippen LogP contribution is -2.48. The third-order valence-electron chi connectivity index (χ3n) is 14.1. The Balaban J connectivity index is 2.67. The molecule has 0 radical (unpaired) electrons. The molecular formula is C60H113N3O8S3. The molecule has 1 aliphatic rings. The van der Waals surface area contributed by atoms with E-state index in [1.165, 1.54) is 135 Å². The number of piperidine rings is 1. The second kappa shape index (κ2) is 53.4. The third-order valence-corrected chi connectivity index (χ3v) is 17.6. The number of hydrogen-bond donors (Lipinski definition) is 2. The fourth-order valence-corrected chi connectivity index (χ4v) is 12.6. The topological polar surface area (TPSA) is 140 Å². The average molecular weight is 1100 g/mol. The van der Waals surface area contributed by atoms with Crippen molar-refractivity contribution in [3.8, 4) is 0 Å². The lowest BCUT2D eigenvalue weighted by Gasteiger charge is -2.26. The van der Waals surface area contributed by atoms with Crippen molar-refractivity contribution in [1.29, 1.82) is 0 Å². The fraction of sp³-hybridized carbons (Fsp3) is 0.917. The van der Waals surface area contributed by atoms with Gasteiger partial charge >= 0.3 is 17.9 Å². The van der Waals surface area contributed by atoms with Crippen molar-refractivity contribution in [3.63, 3.8) is 0 Å². The number of thioether (sulfide) groups is 3. The average Bonchev–Trinajstić information content (AvgIpc) is 3.40. The van der Waals surface area contributed by atoms with E-state index in [0.29, 0.717) is 93.3 Å². The lowest BCUT2D eigenvalue weighted by molar-refractivity contribution is -0.145. The van der Waals surface area contributed by atoms with E-state index in [1.807, 2.05) is 11.8 Å². The van der Waals surface area contributed by atoms with Crippen LogP contribution in [0.2, 0.25) is 0 Å². The van der Waals surface area contributed by atoms with E-state index < -0.39 is 6.04 Å². The summed E-state index contributed by atoms with van der Waals surface area (Å²) in [5.41, 5.74) is 0. The van der Waals surface area contributed by atoms with Gasteiger partial charge in [-0.3, -0.25) is 24.0 Å². The van der Waals surface area contributed by atoms with Gasteiger partial charge in [0.2, 0.25) is 11.8 Å². The van der Waals surface area contributed by atoms with Crippen LogP contribution in [0.4, 0.5) is 0 Å². The highest BCUT2D eigenvalue weighted by molar-refractivity contribution is 8.00. The van der Waals surface area contributed by atoms with Gasteiger partial charge in [0.15, 0.2) is 0 Å². The van der Waals surface area contributed by atoms with E-state index in [-0.39, 0.29) is 29.7 Å². The molecular weight excluding hydrogens is 987 g/mol. The van der Waals surface area contributed by atoms with Crippen LogP contribution in [-0.4, -0.2) is 121 Å². The van der Waals surface area contributed by atoms with E-state index in [0.717, 1.165) is 88.9 Å². The van der Waals surface area contributed by atoms with Crippen LogP contribution in [0.5, 0.6) is 0 Å². The molecule has 74 heavy (non-hydrogen) atoms. The van der Waals surface area contributed by atoms with Gasteiger partial charge in [-0.05, 0) is 94.7 Å². The summed E-state index contributed by atoms with van der Waals surface area (Å²) >= 11 is 5.23. The maximum atomic E-state index is 13.6. The van der Waals surface area contributed by atoms with Crippen LogP contribution in [0, 0.1) is 5.92 Å². The summed E-state index contributed by atoms with van der Waals surface area (Å²) < 4.78 is 16.9. The number of nitrogens with zero attached hydrogens (tertiary/aromatic N) is 1. The predicted molar refractivity (Wildman–Crippen MR) is 318 cm³/mol. The summed E-state index contributed by atoms with van der Waals surface area (Å²) in [4.78, 5) is 67.2. The molecule has 1 fully saturated rings. The Morgan fingerprint density at radius 3 is 1.51 bits per heavy atom. The van der Waals surface area contributed by atoms with E-state index >= 15 is 0 Å². The largest absolute Gasteiger partial charge is 0.466 e. The monoisotopic (exact) mass is 1100 g/mol. The van der Waals surface area contributed by atoms with Crippen LogP contribution in [0.1, 0.15) is 259 Å². The predicted octanol–water partition coefficient (Wildman–Crippen LogP) is 14.8. The Bertz CT molecular complexity index is 1340. The number of amides is 2. The zero-order valence-corrected chi connectivity index (χ0v) is 50.6. The molecule has 3 unspecified atom stereocenters. The van der Waals surface area contributed by atoms with Gasteiger partial charge in [-0.15, -0.1) is 0 Å². The Hall–Kier alpha value is -1.64. The molecule has 0 spiro atoms. The normalized spacial score (nSPS) is 14.1. The van der Waals surface area contributed by atoms with Gasteiger partial charge in [-0.2, -0.15) is 35.3 Å². The summed E-state index contributed by atoms with van der Waals surface area (Å²) in [6, 6.07) is -0.632. The first-order chi connectivity index (χ1) is 36.2. The van der Waals surface area contributed by atoms with E-state index in [4.69, 9.17) is 14.2 Å². The molecule has 0 aromatic heterocycles. The molecule has 2 amide bonds. The van der Waals surface area contributed by atoms with Gasteiger partial charge in [0, 0.05) is 42.0 Å². The van der Waals surface area contributed by atoms with Gasteiger partial charge in [0.05, 0.1) is 39.1 Å². The number of carbonyl (C=O) groups excluding carboxylic acids is 5. The molecule has 0 aromatic carbocycles. The Labute approximate surface area is 467 Å². The van der Waals surface area contributed by atoms with Crippen LogP contribution in [0.15, 0.2) is 0 Å². The molecule has 0 aliphatic carbocycles. The molecule has 2 N–H and O–H groups in total. The van der Waals surface area contributed by atoms with E-state index in [9.17, 15) is 24.0 Å². The summed E-state index contributed by atoms with van der Waals surface area (Å²) in [5.74, 6) is 3.41. The van der Waals surface area contributed by atoms with Crippen LogP contribution in [-0.2, 0) is 38.2 Å². The van der Waals surface area contributed by atoms with Gasteiger partial charge in [-0.25, -0.2) is 0 Å². The zero-order valence-electron chi connectivity index (χ0n) is 48.1. The standard InChI is InChI=1S/C60H113N3O8S3/c1-5-9-13-17-20-25-33-53(32-24-16-12-8-4)52-71-59(67)39-50-73-48-37-55(60(68)61-41-44-63-42-28-23-29-43-63)62-56(64)35-27-26-34-54(74-51-40-58(66)70-46-31-22-19-15-11-7-3)36-47-72-49-38-57(65)69-45-30-21-18-14-10-6-2/h53-55H,5-52H2,1-4H3,(H,61,68)(H,62,64). The van der Waals surface area contributed by atoms with Crippen molar-refractivity contribution in [2.45, 2.75) is 270 Å². The number of nitrogens with one attached hydrogen (secondary N) is 2. The minimum absolute atomic E-state index is 0.115. The number of hydrogen-bond acceptors (Lipinski definition) is 12. The molecule has 1 saturated heterocycles. The molecule has 1 heterocycles. The quantitative estimate of drug-likeness (QED) is 0.0340. The van der Waals surface area contributed by atoms with Crippen LogP contribution in [0.25, 0.3) is 0 Å². The highest BCUT2D eigenvalue weighted by Crippen LogP contribution is 2.25. The van der Waals surface area contributed by atoms with Crippen LogP contribution in [0.3, 0.4) is 0 Å². The zero-order chi connectivity index (χ0) is 53.8. The van der Waals surface area contributed by atoms with Crippen molar-refractivity contribution < 1.29 is 38.2 Å². The van der Waals surface area contributed by atoms with Crippen LogP contribution < -0.4 is 10.6 Å². The molecule has 0 bridgehead atoms. The minimum Gasteiger partial charge on any atom is -0.466 e. The molecule has 0 saturated carbocycles. The molecule has 434 valence electrons. The minimum atomic E-state index is -0.632. The number of carbonyl (C=O) groups is 5. The van der Waals surface area contributed by atoms with Crippen molar-refractivity contribution in [2.24, 2.45) is 5.92 Å². The van der Waals surface area contributed by atoms with E-state index in [1.54, 1.807) is 23.5 Å². The number of esters is 3. The Morgan fingerprint density at radius 1 is 0.473 bits per heavy atom. The number of rotatable bonds is 54. The van der Waals surface area contributed by atoms with Crippen molar-refractivity contribution >= 4 is 65.0 Å². The summed E-state index contributed by atoms with van der Waals surface area (Å²) in [5, 5.41) is 6.52. The van der Waals surface area contributed by atoms with Crippen molar-refractivity contribution in [1.82, 2.24) is 15.5 Å². The molecule has 1 aliphatic heterocycles. The van der Waals surface area contributed by atoms with E-state index in [2.05, 4.69) is 43.2 Å². The summed E-state index contributed by atoms with van der Waals surface area (Å²) in [7, 11) is 0. The number of likely N-dealkylation sites (tertiary alicyclic amines) is 1. The van der Waals surface area contributed by atoms with Crippen molar-refractivity contribution in [3.05, 3.63) is 0 Å². The SMILES string of the molecule is CCCCCCCCOC(=O)CCSCCC(CCCCC(=O)NC(CCSCCC(=O)OCC(CCCCCC)CCCCCCCC)C(=O)NCCN1CCCCC1)SCCC(=O)OCCCCCCCC. The molecule has 14 heteroatoms. The Kier molecular flexibility index (Phi) is 50.8. The number of unbranched alkanes of at least 4 members (excludes halogenated alkanes) is 19. The summed E-state index contributed by atoms with van der Waals surface area (Å²) in [6.45, 7) is 13.9. The third kappa shape index (κ3) is 45.4. The second-order valence-corrected chi connectivity index (χ2v) is 24.9. The first-order valence-electron chi connectivity index (χ1n) is 30.7. The van der Waals surface area contributed by atoms with Gasteiger partial charge in [-0.1, -0.05) is 169 Å². The number of ether oxygens (including phenoxy) is 3. The van der Waals surface area contributed by atoms with Gasteiger partial charge in [0.1, 0.15) is 6.04 Å². The molecule has 3 atom stereocenters. The van der Waals surface area contributed by atoms with Gasteiger partial charge < -0.3 is 29.7 Å². The van der Waals surface area contributed by atoms with Gasteiger partial charge in [0.25, 0.3) is 0 Å². The first kappa shape index (κ1) is 70.4. The maximum absolute atomic E-state index is 13.6. The fourth-order valence-electron chi connectivity index (χ4n) is 9.34. The molecule has 11 nitrogen and oxygen atoms in total. The highest BCUT2D eigenvalue weighted by atomic mass is 32.2. The second-order valence-electron chi connectivity index (χ2n) is 21.0. The highest BCUT2D eigenvalue weighted by Gasteiger charge is 2.22. The van der Waals surface area contributed by atoms with Crippen LogP contribution >= 0.6 is 35.3 Å². The first-order valence-corrected chi connectivity index (χ1v) is 34.1. The maximum Gasteiger partial charge on any atom is 0.306 e. The lowest BCUT2D eigenvalue weighted by atomic mass is 9.95. The molecule has 0 aromatic rings.